The Morgan fingerprint density at radius 1 is 0.412 bits per heavy atom. The smallest absolute Gasteiger partial charge is 0.165 e. The molecule has 51 heavy (non-hydrogen) atoms. The van der Waals surface area contributed by atoms with E-state index in [2.05, 4.69) is 158 Å². The van der Waals surface area contributed by atoms with Gasteiger partial charge in [-0.15, -0.1) is 11.3 Å². The molecule has 0 atom stereocenters. The van der Waals surface area contributed by atoms with Crippen LogP contribution in [0.4, 0.5) is 0 Å². The second-order valence-electron chi connectivity index (χ2n) is 12.7. The number of fused-ring (bicyclic) bond motifs is 5. The van der Waals surface area contributed by atoms with Gasteiger partial charge in [0.2, 0.25) is 0 Å². The Balaban J connectivity index is 1.24. The largest absolute Gasteiger partial charge is 0.208 e. The van der Waals surface area contributed by atoms with Crippen LogP contribution < -0.4 is 0 Å². The summed E-state index contributed by atoms with van der Waals surface area (Å²) in [5, 5.41) is 2.53. The number of thiophene rings is 1. The standard InChI is InChI=1S/C46H29N3S2/c1-4-15-30(16-5-1)43-47-44(31-27-28-35-34-21-10-12-25-39(34)50-41(35)29-31)49-45(48-43)36-22-14-24-38-42(36)51-40-26-13-11-23-37(40)46(38,32-17-6-2-7-18-32)33-19-8-3-9-20-33/h1-29H. The molecule has 2 aromatic heterocycles. The summed E-state index contributed by atoms with van der Waals surface area (Å²) in [5.41, 5.74) is 7.32. The first-order chi connectivity index (χ1) is 25.3. The first kappa shape index (κ1) is 30.0. The zero-order valence-electron chi connectivity index (χ0n) is 27.4. The third-order valence-corrected chi connectivity index (χ3v) is 12.2. The number of hydrogen-bond donors (Lipinski definition) is 0. The molecule has 7 aromatic carbocycles. The number of aromatic nitrogens is 3. The summed E-state index contributed by atoms with van der Waals surface area (Å²) in [6, 6.07) is 62.7. The summed E-state index contributed by atoms with van der Waals surface area (Å²) in [6.45, 7) is 0. The van der Waals surface area contributed by atoms with Gasteiger partial charge in [0.25, 0.3) is 0 Å². The van der Waals surface area contributed by atoms with Gasteiger partial charge < -0.3 is 0 Å². The third kappa shape index (κ3) is 4.84. The predicted octanol–water partition coefficient (Wildman–Crippen LogP) is 12.1. The molecule has 9 aromatic rings. The van der Waals surface area contributed by atoms with Crippen molar-refractivity contribution in [3.8, 4) is 34.2 Å². The van der Waals surface area contributed by atoms with Gasteiger partial charge in [-0.2, -0.15) is 0 Å². The van der Waals surface area contributed by atoms with E-state index >= 15 is 0 Å². The lowest BCUT2D eigenvalue weighted by molar-refractivity contribution is 0.703. The maximum absolute atomic E-state index is 5.29. The molecule has 0 amide bonds. The van der Waals surface area contributed by atoms with Crippen molar-refractivity contribution in [1.29, 1.82) is 0 Å². The van der Waals surface area contributed by atoms with Crippen molar-refractivity contribution < 1.29 is 0 Å². The van der Waals surface area contributed by atoms with Crippen molar-refractivity contribution in [2.45, 2.75) is 15.2 Å². The predicted molar refractivity (Wildman–Crippen MR) is 211 cm³/mol. The molecule has 0 radical (unpaired) electrons. The van der Waals surface area contributed by atoms with Crippen LogP contribution in [-0.2, 0) is 5.41 Å². The van der Waals surface area contributed by atoms with Gasteiger partial charge in [0.15, 0.2) is 17.5 Å². The number of hydrogen-bond acceptors (Lipinski definition) is 5. The lowest BCUT2D eigenvalue weighted by atomic mass is 9.64. The van der Waals surface area contributed by atoms with Crippen LogP contribution in [0.3, 0.4) is 0 Å². The van der Waals surface area contributed by atoms with Gasteiger partial charge in [-0.3, -0.25) is 0 Å². The molecule has 0 saturated heterocycles. The highest BCUT2D eigenvalue weighted by Gasteiger charge is 2.45. The Kier molecular flexibility index (Phi) is 7.15. The minimum absolute atomic E-state index is 0.542. The van der Waals surface area contributed by atoms with Crippen LogP contribution in [-0.4, -0.2) is 15.0 Å². The van der Waals surface area contributed by atoms with Crippen LogP contribution in [0.25, 0.3) is 54.3 Å². The molecule has 0 bridgehead atoms. The van der Waals surface area contributed by atoms with Gasteiger partial charge in [0, 0.05) is 46.7 Å². The van der Waals surface area contributed by atoms with Crippen molar-refractivity contribution in [1.82, 2.24) is 15.0 Å². The molecule has 10 rings (SSSR count). The average molecular weight is 688 g/mol. The molecular formula is C46H29N3S2. The van der Waals surface area contributed by atoms with Gasteiger partial charge >= 0.3 is 0 Å². The highest BCUT2D eigenvalue weighted by Crippen LogP contribution is 2.57. The van der Waals surface area contributed by atoms with Crippen molar-refractivity contribution in [2.24, 2.45) is 0 Å². The van der Waals surface area contributed by atoms with Crippen molar-refractivity contribution >= 4 is 43.3 Å². The first-order valence-electron chi connectivity index (χ1n) is 17.0. The van der Waals surface area contributed by atoms with Crippen molar-refractivity contribution in [3.05, 3.63) is 198 Å². The van der Waals surface area contributed by atoms with E-state index in [1.807, 2.05) is 18.2 Å². The molecule has 0 fully saturated rings. The van der Waals surface area contributed by atoms with E-state index in [1.165, 1.54) is 47.3 Å². The highest BCUT2D eigenvalue weighted by molar-refractivity contribution is 7.99. The van der Waals surface area contributed by atoms with E-state index in [9.17, 15) is 0 Å². The van der Waals surface area contributed by atoms with E-state index in [4.69, 9.17) is 15.0 Å². The number of benzene rings is 7. The van der Waals surface area contributed by atoms with E-state index in [-0.39, 0.29) is 0 Å². The Labute approximate surface area is 304 Å². The quantitative estimate of drug-likeness (QED) is 0.181. The molecule has 3 heterocycles. The average Bonchev–Trinajstić information content (AvgIpc) is 3.58. The zero-order valence-corrected chi connectivity index (χ0v) is 29.0. The molecule has 3 nitrogen and oxygen atoms in total. The maximum atomic E-state index is 5.29. The number of nitrogens with zero attached hydrogens (tertiary/aromatic N) is 3. The minimum Gasteiger partial charge on any atom is -0.208 e. The van der Waals surface area contributed by atoms with E-state index in [0.717, 1.165) is 21.6 Å². The minimum atomic E-state index is -0.542. The summed E-state index contributed by atoms with van der Waals surface area (Å²) < 4.78 is 2.50. The Morgan fingerprint density at radius 3 is 1.76 bits per heavy atom. The van der Waals surface area contributed by atoms with Crippen LogP contribution >= 0.6 is 23.1 Å². The normalized spacial score (nSPS) is 13.2. The van der Waals surface area contributed by atoms with E-state index in [1.54, 1.807) is 23.1 Å². The molecule has 1 aliphatic heterocycles. The molecule has 0 unspecified atom stereocenters. The van der Waals surface area contributed by atoms with Gasteiger partial charge in [0.1, 0.15) is 0 Å². The van der Waals surface area contributed by atoms with E-state index in [0.29, 0.717) is 17.5 Å². The fraction of sp³-hybridized carbons (Fsp3) is 0.0217. The van der Waals surface area contributed by atoms with Crippen LogP contribution in [0, 0.1) is 0 Å². The lowest BCUT2D eigenvalue weighted by Crippen LogP contribution is -2.34. The SMILES string of the molecule is c1ccc(-c2nc(-c3ccc4c(c3)sc3ccccc34)nc(-c3cccc4c3Sc3ccccc3C4(c3ccccc3)c3ccccc3)n2)cc1. The third-order valence-electron chi connectivity index (χ3n) is 9.88. The van der Waals surface area contributed by atoms with Crippen molar-refractivity contribution in [3.63, 3.8) is 0 Å². The molecule has 0 aliphatic carbocycles. The summed E-state index contributed by atoms with van der Waals surface area (Å²) in [4.78, 5) is 18.0. The Bertz CT molecular complexity index is 2680. The zero-order chi connectivity index (χ0) is 33.8. The fourth-order valence-electron chi connectivity index (χ4n) is 7.61. The van der Waals surface area contributed by atoms with Crippen LogP contribution in [0.1, 0.15) is 22.3 Å². The number of rotatable bonds is 5. The van der Waals surface area contributed by atoms with Crippen LogP contribution in [0.2, 0.25) is 0 Å². The monoisotopic (exact) mass is 687 g/mol. The highest BCUT2D eigenvalue weighted by atomic mass is 32.2. The van der Waals surface area contributed by atoms with Crippen molar-refractivity contribution in [2.75, 3.05) is 0 Å². The molecule has 0 N–H and O–H groups in total. The van der Waals surface area contributed by atoms with Gasteiger partial charge in [-0.25, -0.2) is 15.0 Å². The van der Waals surface area contributed by atoms with Gasteiger partial charge in [-0.05, 0) is 40.5 Å². The molecule has 5 heteroatoms. The molecular weight excluding hydrogens is 659 g/mol. The van der Waals surface area contributed by atoms with E-state index < -0.39 is 5.41 Å². The maximum Gasteiger partial charge on any atom is 0.165 e. The Hall–Kier alpha value is -5.88. The fourth-order valence-corrected chi connectivity index (χ4v) is 10.1. The van der Waals surface area contributed by atoms with Gasteiger partial charge in [0.05, 0.1) is 5.41 Å². The topological polar surface area (TPSA) is 38.7 Å². The van der Waals surface area contributed by atoms with Gasteiger partial charge in [-0.1, -0.05) is 169 Å². The van der Waals surface area contributed by atoms with Crippen LogP contribution in [0.5, 0.6) is 0 Å². The summed E-state index contributed by atoms with van der Waals surface area (Å²) >= 11 is 3.61. The summed E-state index contributed by atoms with van der Waals surface area (Å²) in [7, 11) is 0. The summed E-state index contributed by atoms with van der Waals surface area (Å²) in [5.74, 6) is 1.98. The van der Waals surface area contributed by atoms with Crippen LogP contribution in [0.15, 0.2) is 186 Å². The molecule has 0 saturated carbocycles. The lowest BCUT2D eigenvalue weighted by Gasteiger charge is -2.42. The first-order valence-corrected chi connectivity index (χ1v) is 18.7. The second-order valence-corrected chi connectivity index (χ2v) is 14.9. The summed E-state index contributed by atoms with van der Waals surface area (Å²) in [6.07, 6.45) is 0. The molecule has 0 spiro atoms. The molecule has 1 aliphatic rings. The Morgan fingerprint density at radius 2 is 1.00 bits per heavy atom. The second kappa shape index (κ2) is 12.2. The molecule has 240 valence electrons.